The van der Waals surface area contributed by atoms with Gasteiger partial charge in [0, 0.05) is 6.54 Å². The first-order valence-corrected chi connectivity index (χ1v) is 14.9. The maximum absolute atomic E-state index is 14.7. The molecule has 2 amide bonds. The minimum Gasteiger partial charge on any atom is -0.465 e. The summed E-state index contributed by atoms with van der Waals surface area (Å²) < 4.78 is 13.8. The number of aliphatic hydroxyl groups excluding tert-OH is 1. The highest BCUT2D eigenvalue weighted by molar-refractivity contribution is 5.98. The number of para-hydroxylation sites is 1. The summed E-state index contributed by atoms with van der Waals surface area (Å²) in [5.41, 5.74) is 0.262. The Morgan fingerprint density at radius 2 is 2.10 bits per heavy atom. The average Bonchev–Trinajstić information content (AvgIpc) is 3.75. The summed E-state index contributed by atoms with van der Waals surface area (Å²) in [7, 11) is 0. The summed E-state index contributed by atoms with van der Waals surface area (Å²) >= 11 is 0. The SMILES string of the molecule is C=CCCCOC(=O)[C@@H]1[C@@H]2CCC3(O2)C(C(=O)N(CC=C)Cn2nnc4ccccc42)N([C@@H](CO)[C@@H](C)CC)C(=O)[C@H]13. The van der Waals surface area contributed by atoms with Gasteiger partial charge in [-0.3, -0.25) is 14.4 Å². The van der Waals surface area contributed by atoms with E-state index in [4.69, 9.17) is 9.47 Å². The van der Waals surface area contributed by atoms with Gasteiger partial charge in [0.05, 0.1) is 42.7 Å². The van der Waals surface area contributed by atoms with Gasteiger partial charge < -0.3 is 24.4 Å². The average molecular weight is 580 g/mol. The molecule has 3 fully saturated rings. The molecule has 3 aliphatic heterocycles. The molecular formula is C31H41N5O6. The fourth-order valence-corrected chi connectivity index (χ4v) is 7.04. The molecule has 0 saturated carbocycles. The number of esters is 1. The van der Waals surface area contributed by atoms with Gasteiger partial charge in [-0.15, -0.1) is 18.3 Å². The fraction of sp³-hybridized carbons (Fsp3) is 0.581. The second kappa shape index (κ2) is 12.3. The lowest BCUT2D eigenvalue weighted by Gasteiger charge is -2.40. The fourth-order valence-electron chi connectivity index (χ4n) is 7.04. The second-order valence-corrected chi connectivity index (χ2v) is 11.6. The number of rotatable bonds is 14. The Labute approximate surface area is 246 Å². The van der Waals surface area contributed by atoms with E-state index >= 15 is 0 Å². The molecule has 3 saturated heterocycles. The van der Waals surface area contributed by atoms with Crippen LogP contribution in [0.15, 0.2) is 49.6 Å². The van der Waals surface area contributed by atoms with Gasteiger partial charge in [0.15, 0.2) is 0 Å². The Morgan fingerprint density at radius 3 is 2.81 bits per heavy atom. The van der Waals surface area contributed by atoms with Gasteiger partial charge >= 0.3 is 5.97 Å². The first-order chi connectivity index (χ1) is 20.3. The Morgan fingerprint density at radius 1 is 1.31 bits per heavy atom. The molecule has 1 N–H and O–H groups in total. The predicted molar refractivity (Wildman–Crippen MR) is 155 cm³/mol. The summed E-state index contributed by atoms with van der Waals surface area (Å²) in [4.78, 5) is 45.5. The van der Waals surface area contributed by atoms with Crippen LogP contribution in [0.1, 0.15) is 46.0 Å². The molecule has 11 nitrogen and oxygen atoms in total. The maximum atomic E-state index is 14.7. The van der Waals surface area contributed by atoms with Crippen LogP contribution in [0.5, 0.6) is 0 Å². The third kappa shape index (κ3) is 4.92. The third-order valence-corrected chi connectivity index (χ3v) is 9.27. The molecule has 42 heavy (non-hydrogen) atoms. The zero-order chi connectivity index (χ0) is 30.0. The van der Waals surface area contributed by atoms with Crippen LogP contribution in [0.2, 0.25) is 0 Å². The van der Waals surface area contributed by atoms with E-state index in [1.165, 1.54) is 4.90 Å². The summed E-state index contributed by atoms with van der Waals surface area (Å²) in [6.07, 6.45) is 5.91. The van der Waals surface area contributed by atoms with Gasteiger partial charge in [0.25, 0.3) is 0 Å². The van der Waals surface area contributed by atoms with E-state index in [0.29, 0.717) is 37.6 Å². The Kier molecular flexibility index (Phi) is 8.79. The van der Waals surface area contributed by atoms with Gasteiger partial charge in [0.1, 0.15) is 23.8 Å². The summed E-state index contributed by atoms with van der Waals surface area (Å²) in [6.45, 7) is 11.7. The Hall–Kier alpha value is -3.57. The molecule has 226 valence electrons. The van der Waals surface area contributed by atoms with Crippen LogP contribution in [0.4, 0.5) is 0 Å². The van der Waals surface area contributed by atoms with Crippen molar-refractivity contribution < 1.29 is 29.0 Å². The van der Waals surface area contributed by atoms with Gasteiger partial charge in [-0.2, -0.15) is 0 Å². The van der Waals surface area contributed by atoms with Gasteiger partial charge in [0.2, 0.25) is 11.8 Å². The molecule has 1 aromatic heterocycles. The number of ether oxygens (including phenoxy) is 2. The van der Waals surface area contributed by atoms with Crippen molar-refractivity contribution in [2.75, 3.05) is 19.8 Å². The van der Waals surface area contributed by atoms with E-state index in [1.54, 1.807) is 21.7 Å². The number of hydrogen-bond acceptors (Lipinski definition) is 8. The van der Waals surface area contributed by atoms with Crippen LogP contribution in [-0.4, -0.2) is 91.2 Å². The molecule has 1 aromatic carbocycles. The largest absolute Gasteiger partial charge is 0.465 e. The smallest absolute Gasteiger partial charge is 0.312 e. The Bertz CT molecular complexity index is 1340. The monoisotopic (exact) mass is 579 g/mol. The molecular weight excluding hydrogens is 538 g/mol. The number of likely N-dealkylation sites (tertiary alicyclic amines) is 1. The number of hydrogen-bond donors (Lipinski definition) is 1. The van der Waals surface area contributed by atoms with Crippen molar-refractivity contribution >= 4 is 28.8 Å². The van der Waals surface area contributed by atoms with E-state index in [1.807, 2.05) is 38.1 Å². The highest BCUT2D eigenvalue weighted by atomic mass is 16.6. The van der Waals surface area contributed by atoms with Crippen molar-refractivity contribution in [3.63, 3.8) is 0 Å². The molecule has 11 heteroatoms. The van der Waals surface area contributed by atoms with E-state index in [9.17, 15) is 19.5 Å². The van der Waals surface area contributed by atoms with Crippen LogP contribution in [0.25, 0.3) is 11.0 Å². The van der Waals surface area contributed by atoms with Crippen LogP contribution < -0.4 is 0 Å². The lowest BCUT2D eigenvalue weighted by atomic mass is 9.70. The molecule has 4 heterocycles. The number of allylic oxidation sites excluding steroid dienone is 1. The molecule has 2 bridgehead atoms. The number of aliphatic hydroxyl groups is 1. The van der Waals surface area contributed by atoms with Crippen molar-refractivity contribution in [2.24, 2.45) is 17.8 Å². The predicted octanol–water partition coefficient (Wildman–Crippen LogP) is 2.69. The number of fused-ring (bicyclic) bond motifs is 2. The molecule has 1 spiro atoms. The molecule has 2 aromatic rings. The number of carbonyl (C=O) groups is 3. The van der Waals surface area contributed by atoms with Crippen LogP contribution in [0.3, 0.4) is 0 Å². The second-order valence-electron chi connectivity index (χ2n) is 11.6. The van der Waals surface area contributed by atoms with Gasteiger partial charge in [-0.25, -0.2) is 4.68 Å². The van der Waals surface area contributed by atoms with E-state index in [0.717, 1.165) is 5.52 Å². The lowest BCUT2D eigenvalue weighted by molar-refractivity contribution is -0.157. The minimum atomic E-state index is -1.20. The number of nitrogens with zero attached hydrogens (tertiary/aromatic N) is 5. The van der Waals surface area contributed by atoms with Crippen molar-refractivity contribution in [2.45, 2.75) is 76.4 Å². The zero-order valence-electron chi connectivity index (χ0n) is 24.4. The van der Waals surface area contributed by atoms with Crippen molar-refractivity contribution in [3.8, 4) is 0 Å². The topological polar surface area (TPSA) is 127 Å². The maximum Gasteiger partial charge on any atom is 0.312 e. The van der Waals surface area contributed by atoms with Gasteiger partial charge in [-0.1, -0.05) is 49.8 Å². The Balaban J connectivity index is 1.52. The normalized spacial score (nSPS) is 27.6. The standard InChI is InChI=1S/C31H41N5O6/c1-5-8-11-17-41-30(40)25-24-14-15-31(42-24)26(25)28(38)36(23(18-37)20(4)7-3)27(31)29(39)34(16-6-2)19-35-22-13-10-9-12-21(22)32-33-35/h5-6,9-10,12-13,20,23-27,37H,1-2,7-8,11,14-19H2,3-4H3/t20-,23-,24-,25+,26-,27?,31?/m0/s1. The van der Waals surface area contributed by atoms with Gasteiger partial charge in [-0.05, 0) is 43.7 Å². The van der Waals surface area contributed by atoms with E-state index < -0.39 is 41.6 Å². The van der Waals surface area contributed by atoms with Crippen molar-refractivity contribution in [3.05, 3.63) is 49.6 Å². The molecule has 3 aliphatic rings. The molecule has 5 rings (SSSR count). The summed E-state index contributed by atoms with van der Waals surface area (Å²) in [6, 6.07) is 5.82. The highest BCUT2D eigenvalue weighted by Gasteiger charge is 2.75. The molecule has 7 atom stereocenters. The van der Waals surface area contributed by atoms with Crippen LogP contribution in [-0.2, 0) is 30.5 Å². The van der Waals surface area contributed by atoms with Crippen LogP contribution in [0, 0.1) is 17.8 Å². The highest BCUT2D eigenvalue weighted by Crippen LogP contribution is 2.59. The molecule has 2 unspecified atom stereocenters. The summed E-state index contributed by atoms with van der Waals surface area (Å²) in [5, 5.41) is 19.0. The number of benzene rings is 1. The van der Waals surface area contributed by atoms with E-state index in [2.05, 4.69) is 23.5 Å². The van der Waals surface area contributed by atoms with Crippen LogP contribution >= 0.6 is 0 Å². The first-order valence-electron chi connectivity index (χ1n) is 14.9. The number of unbranched alkanes of at least 4 members (excludes halogenated alkanes) is 1. The minimum absolute atomic E-state index is 0.0793. The molecule has 0 radical (unpaired) electrons. The van der Waals surface area contributed by atoms with E-state index in [-0.39, 0.29) is 44.2 Å². The quantitative estimate of drug-likeness (QED) is 0.206. The number of carbonyl (C=O) groups excluding carboxylic acids is 3. The third-order valence-electron chi connectivity index (χ3n) is 9.27. The first kappa shape index (κ1) is 29.9. The zero-order valence-corrected chi connectivity index (χ0v) is 24.4. The number of amides is 2. The molecule has 0 aliphatic carbocycles. The van der Waals surface area contributed by atoms with Crippen molar-refractivity contribution in [1.29, 1.82) is 0 Å². The lowest BCUT2D eigenvalue weighted by Crippen LogP contribution is -2.60. The number of aromatic nitrogens is 3. The summed E-state index contributed by atoms with van der Waals surface area (Å²) in [5.74, 6) is -2.93. The van der Waals surface area contributed by atoms with Crippen molar-refractivity contribution in [1.82, 2.24) is 24.8 Å².